The van der Waals surface area contributed by atoms with Crippen molar-refractivity contribution in [1.82, 2.24) is 0 Å². The van der Waals surface area contributed by atoms with Gasteiger partial charge in [-0.05, 0) is 48.9 Å². The largest absolute Gasteiger partial charge is 0.492 e. The Kier molecular flexibility index (Phi) is 4.63. The SMILES string of the molecule is CCOc1ccsc1-c1cc2sc(-c3sccc3OCC)cc2s1. The molecule has 0 aliphatic carbocycles. The average molecular weight is 393 g/mol. The molecule has 0 saturated carbocycles. The number of hydrogen-bond acceptors (Lipinski definition) is 6. The Morgan fingerprint density at radius 1 is 0.750 bits per heavy atom. The monoisotopic (exact) mass is 392 g/mol. The molecule has 4 heterocycles. The summed E-state index contributed by atoms with van der Waals surface area (Å²) in [6, 6.07) is 8.69. The smallest absolute Gasteiger partial charge is 0.138 e. The Labute approximate surface area is 156 Å². The van der Waals surface area contributed by atoms with Crippen LogP contribution in [0, 0.1) is 0 Å². The quantitative estimate of drug-likeness (QED) is 0.345. The molecule has 0 aromatic carbocycles. The first kappa shape index (κ1) is 16.1. The summed E-state index contributed by atoms with van der Waals surface area (Å²) in [4.78, 5) is 5.05. The molecule has 0 radical (unpaired) electrons. The first-order valence-electron chi connectivity index (χ1n) is 7.74. The molecule has 0 fully saturated rings. The number of rotatable bonds is 6. The third kappa shape index (κ3) is 2.88. The van der Waals surface area contributed by atoms with Gasteiger partial charge in [0.2, 0.25) is 0 Å². The van der Waals surface area contributed by atoms with Gasteiger partial charge >= 0.3 is 0 Å². The molecule has 0 aliphatic heterocycles. The lowest BCUT2D eigenvalue weighted by Crippen LogP contribution is -1.90. The fraction of sp³-hybridized carbons (Fsp3) is 0.222. The molecular formula is C18H16O2S4. The molecule has 0 N–H and O–H groups in total. The second-order valence-corrected chi connectivity index (χ2v) is 9.04. The second-order valence-electron chi connectivity index (χ2n) is 5.04. The van der Waals surface area contributed by atoms with E-state index in [0.717, 1.165) is 11.5 Å². The van der Waals surface area contributed by atoms with Gasteiger partial charge in [-0.1, -0.05) is 0 Å². The lowest BCUT2D eigenvalue weighted by Gasteiger charge is -2.02. The van der Waals surface area contributed by atoms with E-state index in [0.29, 0.717) is 13.2 Å². The van der Waals surface area contributed by atoms with E-state index in [1.807, 2.05) is 36.5 Å². The minimum atomic E-state index is 0.701. The predicted octanol–water partition coefficient (Wildman–Crippen LogP) is 7.22. The molecular weight excluding hydrogens is 376 g/mol. The van der Waals surface area contributed by atoms with Gasteiger partial charge in [-0.2, -0.15) is 0 Å². The Hall–Kier alpha value is -1.34. The van der Waals surface area contributed by atoms with Crippen LogP contribution in [0.2, 0.25) is 0 Å². The van der Waals surface area contributed by atoms with Crippen molar-refractivity contribution >= 4 is 54.7 Å². The van der Waals surface area contributed by atoms with Gasteiger partial charge < -0.3 is 9.47 Å². The van der Waals surface area contributed by atoms with Crippen molar-refractivity contribution in [2.24, 2.45) is 0 Å². The Balaban J connectivity index is 1.70. The van der Waals surface area contributed by atoms with Crippen molar-refractivity contribution in [3.63, 3.8) is 0 Å². The highest BCUT2D eigenvalue weighted by Gasteiger charge is 2.16. The Morgan fingerprint density at radius 2 is 1.21 bits per heavy atom. The van der Waals surface area contributed by atoms with Crippen molar-refractivity contribution in [2.45, 2.75) is 13.8 Å². The lowest BCUT2D eigenvalue weighted by atomic mass is 10.3. The van der Waals surface area contributed by atoms with Crippen LogP contribution in [0.15, 0.2) is 35.0 Å². The van der Waals surface area contributed by atoms with Gasteiger partial charge in [0.05, 0.1) is 32.7 Å². The highest BCUT2D eigenvalue weighted by molar-refractivity contribution is 7.33. The molecule has 0 atom stereocenters. The maximum absolute atomic E-state index is 5.73. The van der Waals surface area contributed by atoms with Gasteiger partial charge in [-0.15, -0.1) is 45.3 Å². The molecule has 24 heavy (non-hydrogen) atoms. The molecule has 124 valence electrons. The van der Waals surface area contributed by atoms with Crippen molar-refractivity contribution in [1.29, 1.82) is 0 Å². The van der Waals surface area contributed by atoms with Crippen LogP contribution in [-0.2, 0) is 0 Å². The summed E-state index contributed by atoms with van der Waals surface area (Å²) in [5.41, 5.74) is 0. The molecule has 0 aliphatic rings. The molecule has 0 saturated heterocycles. The molecule has 2 nitrogen and oxygen atoms in total. The highest BCUT2D eigenvalue weighted by Crippen LogP contribution is 2.48. The summed E-state index contributed by atoms with van der Waals surface area (Å²) in [6.45, 7) is 5.45. The molecule has 6 heteroatoms. The van der Waals surface area contributed by atoms with Gasteiger partial charge in [0.15, 0.2) is 0 Å². The van der Waals surface area contributed by atoms with E-state index in [1.54, 1.807) is 22.7 Å². The molecule has 0 bridgehead atoms. The normalized spacial score (nSPS) is 11.2. The number of thiophene rings is 4. The Bertz CT molecular complexity index is 852. The molecule has 4 aromatic rings. The van der Waals surface area contributed by atoms with Crippen LogP contribution in [0.1, 0.15) is 13.8 Å². The number of hydrogen-bond donors (Lipinski definition) is 0. The zero-order chi connectivity index (χ0) is 16.5. The minimum Gasteiger partial charge on any atom is -0.492 e. The summed E-state index contributed by atoms with van der Waals surface area (Å²) in [5.74, 6) is 1.99. The molecule has 4 rings (SSSR count). The van der Waals surface area contributed by atoms with Crippen LogP contribution in [0.3, 0.4) is 0 Å². The summed E-state index contributed by atoms with van der Waals surface area (Å²) in [6.07, 6.45) is 0. The first-order valence-corrected chi connectivity index (χ1v) is 11.1. The summed E-state index contributed by atoms with van der Waals surface area (Å²) in [5, 5.41) is 4.19. The fourth-order valence-electron chi connectivity index (χ4n) is 2.55. The van der Waals surface area contributed by atoms with Crippen LogP contribution in [0.25, 0.3) is 28.9 Å². The van der Waals surface area contributed by atoms with Gasteiger partial charge in [0.25, 0.3) is 0 Å². The van der Waals surface area contributed by atoms with E-state index < -0.39 is 0 Å². The number of ether oxygens (including phenoxy) is 2. The van der Waals surface area contributed by atoms with E-state index in [2.05, 4.69) is 35.0 Å². The van der Waals surface area contributed by atoms with Crippen molar-refractivity contribution < 1.29 is 9.47 Å². The van der Waals surface area contributed by atoms with Gasteiger partial charge in [0, 0.05) is 9.40 Å². The maximum atomic E-state index is 5.73. The van der Waals surface area contributed by atoms with E-state index in [4.69, 9.17) is 9.47 Å². The van der Waals surface area contributed by atoms with Crippen molar-refractivity contribution in [2.75, 3.05) is 13.2 Å². The van der Waals surface area contributed by atoms with Crippen LogP contribution in [-0.4, -0.2) is 13.2 Å². The fourth-order valence-corrected chi connectivity index (χ4v) is 6.87. The van der Waals surface area contributed by atoms with Crippen LogP contribution in [0.4, 0.5) is 0 Å². The van der Waals surface area contributed by atoms with Gasteiger partial charge in [0.1, 0.15) is 11.5 Å². The average Bonchev–Trinajstić information content (AvgIpc) is 3.28. The molecule has 0 spiro atoms. The van der Waals surface area contributed by atoms with Gasteiger partial charge in [-0.3, -0.25) is 0 Å². The molecule has 4 aromatic heterocycles. The third-order valence-corrected chi connectivity index (χ3v) is 7.96. The zero-order valence-electron chi connectivity index (χ0n) is 13.3. The lowest BCUT2D eigenvalue weighted by molar-refractivity contribution is 0.343. The van der Waals surface area contributed by atoms with Crippen LogP contribution in [0.5, 0.6) is 11.5 Å². The molecule has 0 unspecified atom stereocenters. The number of fused-ring (bicyclic) bond motifs is 1. The topological polar surface area (TPSA) is 18.5 Å². The van der Waals surface area contributed by atoms with Gasteiger partial charge in [-0.25, -0.2) is 0 Å². The van der Waals surface area contributed by atoms with Crippen molar-refractivity contribution in [3.05, 3.63) is 35.0 Å². The first-order chi connectivity index (χ1) is 11.8. The van der Waals surface area contributed by atoms with Crippen LogP contribution >= 0.6 is 45.3 Å². The standard InChI is InChI=1S/C18H16O2S4/c1-3-19-11-5-7-21-17(11)15-9-13-14(23-15)10-16(24-13)18-12(20-4-2)6-8-22-18/h5-10H,3-4H2,1-2H3. The van der Waals surface area contributed by atoms with Crippen LogP contribution < -0.4 is 9.47 Å². The highest BCUT2D eigenvalue weighted by atomic mass is 32.1. The summed E-state index contributed by atoms with van der Waals surface area (Å²) in [7, 11) is 0. The minimum absolute atomic E-state index is 0.701. The predicted molar refractivity (Wildman–Crippen MR) is 109 cm³/mol. The van der Waals surface area contributed by atoms with E-state index in [1.165, 1.54) is 28.9 Å². The third-order valence-electron chi connectivity index (χ3n) is 3.51. The summed E-state index contributed by atoms with van der Waals surface area (Å²) < 4.78 is 14.1. The molecule has 0 amide bonds. The van der Waals surface area contributed by atoms with E-state index in [-0.39, 0.29) is 0 Å². The maximum Gasteiger partial charge on any atom is 0.138 e. The second kappa shape index (κ2) is 6.88. The van der Waals surface area contributed by atoms with Crippen molar-refractivity contribution in [3.8, 4) is 31.0 Å². The Morgan fingerprint density at radius 3 is 1.62 bits per heavy atom. The summed E-state index contributed by atoms with van der Waals surface area (Å²) >= 11 is 7.16. The zero-order valence-corrected chi connectivity index (χ0v) is 16.6. The van der Waals surface area contributed by atoms with E-state index in [9.17, 15) is 0 Å². The van der Waals surface area contributed by atoms with E-state index >= 15 is 0 Å².